The SMILES string of the molecule is CCC1CCCCN1c1cccc(F)c1CO. The lowest BCUT2D eigenvalue weighted by atomic mass is 9.98. The lowest BCUT2D eigenvalue weighted by Crippen LogP contribution is -2.39. The largest absolute Gasteiger partial charge is 0.391 e. The van der Waals surface area contributed by atoms with Crippen LogP contribution in [0.2, 0.25) is 0 Å². The third-order valence-electron chi connectivity index (χ3n) is 3.66. The van der Waals surface area contributed by atoms with Crippen LogP contribution in [-0.2, 0) is 6.61 Å². The quantitative estimate of drug-likeness (QED) is 0.873. The summed E-state index contributed by atoms with van der Waals surface area (Å²) in [4.78, 5) is 2.26. The van der Waals surface area contributed by atoms with Gasteiger partial charge in [0.15, 0.2) is 0 Å². The molecule has 94 valence electrons. The first kappa shape index (κ1) is 12.4. The number of aliphatic hydroxyl groups excluding tert-OH is 1. The molecule has 0 aromatic heterocycles. The Bertz CT molecular complexity index is 380. The molecule has 1 N–H and O–H groups in total. The number of benzene rings is 1. The maximum atomic E-state index is 13.6. The normalized spacial score (nSPS) is 20.6. The molecule has 1 aromatic carbocycles. The van der Waals surface area contributed by atoms with Gasteiger partial charge in [-0.05, 0) is 37.8 Å². The summed E-state index contributed by atoms with van der Waals surface area (Å²) in [6, 6.07) is 5.55. The zero-order valence-corrected chi connectivity index (χ0v) is 10.3. The van der Waals surface area contributed by atoms with Crippen molar-refractivity contribution >= 4 is 5.69 Å². The third-order valence-corrected chi connectivity index (χ3v) is 3.66. The standard InChI is InChI=1S/C14H20FNO/c1-2-11-6-3-4-9-16(11)14-8-5-7-13(15)12(14)10-17/h5,7-8,11,17H,2-4,6,9-10H2,1H3. The highest BCUT2D eigenvalue weighted by Crippen LogP contribution is 2.30. The molecular formula is C14H20FNO. The molecule has 1 unspecified atom stereocenters. The van der Waals surface area contributed by atoms with Gasteiger partial charge in [-0.2, -0.15) is 0 Å². The molecule has 0 bridgehead atoms. The van der Waals surface area contributed by atoms with Crippen LogP contribution >= 0.6 is 0 Å². The van der Waals surface area contributed by atoms with Crippen molar-refractivity contribution < 1.29 is 9.50 Å². The van der Waals surface area contributed by atoms with Crippen LogP contribution in [0.25, 0.3) is 0 Å². The topological polar surface area (TPSA) is 23.5 Å². The second kappa shape index (κ2) is 5.50. The van der Waals surface area contributed by atoms with Crippen LogP contribution in [0.3, 0.4) is 0 Å². The van der Waals surface area contributed by atoms with Crippen LogP contribution < -0.4 is 4.90 Å². The van der Waals surface area contributed by atoms with E-state index in [0.29, 0.717) is 11.6 Å². The number of rotatable bonds is 3. The highest BCUT2D eigenvalue weighted by Gasteiger charge is 2.23. The Kier molecular flexibility index (Phi) is 4.00. The Hall–Kier alpha value is -1.09. The van der Waals surface area contributed by atoms with E-state index >= 15 is 0 Å². The van der Waals surface area contributed by atoms with E-state index in [1.54, 1.807) is 6.07 Å². The number of aliphatic hydroxyl groups is 1. The molecule has 1 atom stereocenters. The number of piperidine rings is 1. The number of hydrogen-bond donors (Lipinski definition) is 1. The maximum absolute atomic E-state index is 13.6. The molecule has 0 spiro atoms. The van der Waals surface area contributed by atoms with Crippen molar-refractivity contribution in [2.75, 3.05) is 11.4 Å². The average molecular weight is 237 g/mol. The maximum Gasteiger partial charge on any atom is 0.130 e. The molecule has 1 aromatic rings. The Balaban J connectivity index is 2.34. The Labute approximate surface area is 102 Å². The minimum absolute atomic E-state index is 0.227. The van der Waals surface area contributed by atoms with Crippen molar-refractivity contribution in [1.82, 2.24) is 0 Å². The van der Waals surface area contributed by atoms with Gasteiger partial charge in [0, 0.05) is 23.8 Å². The highest BCUT2D eigenvalue weighted by atomic mass is 19.1. The summed E-state index contributed by atoms with van der Waals surface area (Å²) >= 11 is 0. The predicted octanol–water partition coefficient (Wildman–Crippen LogP) is 3.09. The van der Waals surface area contributed by atoms with Gasteiger partial charge in [-0.25, -0.2) is 4.39 Å². The van der Waals surface area contributed by atoms with Crippen molar-refractivity contribution in [3.05, 3.63) is 29.6 Å². The van der Waals surface area contributed by atoms with E-state index in [9.17, 15) is 9.50 Å². The van der Waals surface area contributed by atoms with Crippen LogP contribution in [0.4, 0.5) is 10.1 Å². The second-order valence-corrected chi connectivity index (χ2v) is 4.65. The monoisotopic (exact) mass is 237 g/mol. The van der Waals surface area contributed by atoms with Gasteiger partial charge in [-0.15, -0.1) is 0 Å². The summed E-state index contributed by atoms with van der Waals surface area (Å²) in [6.07, 6.45) is 4.63. The molecule has 2 nitrogen and oxygen atoms in total. The van der Waals surface area contributed by atoms with Gasteiger partial charge in [0.05, 0.1) is 6.61 Å². The van der Waals surface area contributed by atoms with E-state index in [1.807, 2.05) is 6.07 Å². The molecule has 0 saturated carbocycles. The van der Waals surface area contributed by atoms with Crippen molar-refractivity contribution in [2.24, 2.45) is 0 Å². The molecule has 1 saturated heterocycles. The second-order valence-electron chi connectivity index (χ2n) is 4.65. The van der Waals surface area contributed by atoms with Crippen LogP contribution in [0.15, 0.2) is 18.2 Å². The average Bonchev–Trinajstić information content (AvgIpc) is 2.38. The summed E-state index contributed by atoms with van der Waals surface area (Å²) in [5, 5.41) is 9.32. The van der Waals surface area contributed by atoms with E-state index in [2.05, 4.69) is 11.8 Å². The smallest absolute Gasteiger partial charge is 0.130 e. The summed E-state index contributed by atoms with van der Waals surface area (Å²) in [5.41, 5.74) is 1.31. The highest BCUT2D eigenvalue weighted by molar-refractivity contribution is 5.55. The van der Waals surface area contributed by atoms with Crippen LogP contribution in [0.1, 0.15) is 38.2 Å². The van der Waals surface area contributed by atoms with E-state index in [-0.39, 0.29) is 12.4 Å². The van der Waals surface area contributed by atoms with Gasteiger partial charge in [0.25, 0.3) is 0 Å². The molecule has 1 aliphatic rings. The minimum Gasteiger partial charge on any atom is -0.391 e. The molecule has 1 fully saturated rings. The number of anilines is 1. The minimum atomic E-state index is -0.301. The third kappa shape index (κ3) is 2.44. The predicted molar refractivity (Wildman–Crippen MR) is 67.6 cm³/mol. The lowest BCUT2D eigenvalue weighted by molar-refractivity contribution is 0.275. The van der Waals surface area contributed by atoms with E-state index in [4.69, 9.17) is 0 Å². The first-order valence-corrected chi connectivity index (χ1v) is 6.42. The molecule has 3 heteroatoms. The summed E-state index contributed by atoms with van der Waals surface area (Å²) in [6.45, 7) is 2.91. The molecule has 0 amide bonds. The fourth-order valence-corrected chi connectivity index (χ4v) is 2.72. The molecular weight excluding hydrogens is 217 g/mol. The first-order valence-electron chi connectivity index (χ1n) is 6.42. The van der Waals surface area contributed by atoms with Crippen molar-refractivity contribution in [1.29, 1.82) is 0 Å². The molecule has 17 heavy (non-hydrogen) atoms. The van der Waals surface area contributed by atoms with Crippen molar-refractivity contribution in [3.63, 3.8) is 0 Å². The van der Waals surface area contributed by atoms with Crippen LogP contribution in [0.5, 0.6) is 0 Å². The number of hydrogen-bond acceptors (Lipinski definition) is 2. The van der Waals surface area contributed by atoms with Crippen LogP contribution in [0, 0.1) is 5.82 Å². The lowest BCUT2D eigenvalue weighted by Gasteiger charge is -2.38. The molecule has 0 radical (unpaired) electrons. The number of halogens is 1. The van der Waals surface area contributed by atoms with Gasteiger partial charge in [0.2, 0.25) is 0 Å². The first-order chi connectivity index (χ1) is 8.27. The van der Waals surface area contributed by atoms with Gasteiger partial charge in [-0.1, -0.05) is 13.0 Å². The van der Waals surface area contributed by atoms with E-state index in [0.717, 1.165) is 31.5 Å². The summed E-state index contributed by atoms with van der Waals surface area (Å²) in [7, 11) is 0. The fraction of sp³-hybridized carbons (Fsp3) is 0.571. The van der Waals surface area contributed by atoms with Crippen molar-refractivity contribution in [2.45, 2.75) is 45.3 Å². The van der Waals surface area contributed by atoms with Gasteiger partial charge in [-0.3, -0.25) is 0 Å². The molecule has 0 aliphatic carbocycles. The summed E-state index contributed by atoms with van der Waals surface area (Å²) < 4.78 is 13.6. The fourth-order valence-electron chi connectivity index (χ4n) is 2.72. The number of nitrogens with zero attached hydrogens (tertiary/aromatic N) is 1. The van der Waals surface area contributed by atoms with E-state index < -0.39 is 0 Å². The zero-order valence-electron chi connectivity index (χ0n) is 10.3. The summed E-state index contributed by atoms with van der Waals surface area (Å²) in [5.74, 6) is -0.301. The van der Waals surface area contributed by atoms with Gasteiger partial charge < -0.3 is 10.0 Å². The van der Waals surface area contributed by atoms with Crippen molar-refractivity contribution in [3.8, 4) is 0 Å². The molecule has 2 rings (SSSR count). The Morgan fingerprint density at radius 1 is 1.41 bits per heavy atom. The molecule has 1 aliphatic heterocycles. The zero-order chi connectivity index (χ0) is 12.3. The van der Waals surface area contributed by atoms with Crippen LogP contribution in [-0.4, -0.2) is 17.7 Å². The van der Waals surface area contributed by atoms with Gasteiger partial charge >= 0.3 is 0 Å². The molecule has 1 heterocycles. The van der Waals surface area contributed by atoms with Gasteiger partial charge in [0.1, 0.15) is 5.82 Å². The van der Waals surface area contributed by atoms with E-state index in [1.165, 1.54) is 12.5 Å². The Morgan fingerprint density at radius 3 is 2.94 bits per heavy atom. The Morgan fingerprint density at radius 2 is 2.24 bits per heavy atom.